The van der Waals surface area contributed by atoms with Crippen molar-refractivity contribution in [2.24, 2.45) is 0 Å². The van der Waals surface area contributed by atoms with Gasteiger partial charge in [-0.25, -0.2) is 0 Å². The highest BCUT2D eigenvalue weighted by Gasteiger charge is 2.45. The van der Waals surface area contributed by atoms with E-state index < -0.39 is 18.8 Å². The van der Waals surface area contributed by atoms with Gasteiger partial charge in [0.05, 0.1) is 0 Å². The molecule has 28 heavy (non-hydrogen) atoms. The van der Waals surface area contributed by atoms with Crippen molar-refractivity contribution >= 4 is 24.1 Å². The lowest BCUT2D eigenvalue weighted by Gasteiger charge is -2.32. The van der Waals surface area contributed by atoms with Gasteiger partial charge in [-0.3, -0.25) is 9.36 Å². The van der Waals surface area contributed by atoms with Crippen LogP contribution in [0.5, 0.6) is 0 Å². The van der Waals surface area contributed by atoms with Gasteiger partial charge in [0.1, 0.15) is 5.41 Å². The molecule has 2 N–H and O–H groups in total. The van der Waals surface area contributed by atoms with Crippen LogP contribution in [0.15, 0.2) is 72.8 Å². The average molecular weight is 396 g/mol. The molecule has 0 saturated heterocycles. The zero-order valence-electron chi connectivity index (χ0n) is 15.9. The van der Waals surface area contributed by atoms with Gasteiger partial charge in [0.2, 0.25) is 7.37 Å². The number of carbonyl (C=O) groups is 1. The number of carboxylic acid groups (broad SMARTS) is 1. The summed E-state index contributed by atoms with van der Waals surface area (Å²) >= 11 is 0. The lowest BCUT2D eigenvalue weighted by molar-refractivity contribution is -0.143. The molecule has 0 aromatic heterocycles. The third-order valence-electron chi connectivity index (χ3n) is 5.18. The highest BCUT2D eigenvalue weighted by molar-refractivity contribution is 7.57. The monoisotopic (exact) mass is 396 g/mol. The normalized spacial score (nSPS) is 15.6. The highest BCUT2D eigenvalue weighted by atomic mass is 31.2. The molecule has 2 unspecified atom stereocenters. The minimum absolute atomic E-state index is 0.0276. The van der Waals surface area contributed by atoms with Gasteiger partial charge in [0, 0.05) is 12.3 Å². The third kappa shape index (κ3) is 4.35. The quantitative estimate of drug-likeness (QED) is 0.498. The molecular weight excluding hydrogens is 371 g/mol. The predicted octanol–water partition coefficient (Wildman–Crippen LogP) is 5.43. The molecule has 0 spiro atoms. The Hall–Kier alpha value is -2.42. The first-order valence-corrected chi connectivity index (χ1v) is 11.5. The molecule has 0 aliphatic carbocycles. The summed E-state index contributed by atoms with van der Waals surface area (Å²) < 4.78 is 13.1. The van der Waals surface area contributed by atoms with Crippen molar-refractivity contribution in [3.8, 4) is 0 Å². The smallest absolute Gasteiger partial charge is 0.314 e. The van der Waals surface area contributed by atoms with Gasteiger partial charge in [-0.05, 0) is 34.4 Å². The SMILES string of the molecule is CCCC(CP(=O)(O)Cc1ccccc1)(C(=O)O)c1ccc2ccccc2c1. The molecule has 0 fully saturated rings. The number of hydrogen-bond donors (Lipinski definition) is 2. The molecule has 3 aromatic carbocycles. The van der Waals surface area contributed by atoms with E-state index in [0.717, 1.165) is 16.3 Å². The van der Waals surface area contributed by atoms with Crippen molar-refractivity contribution in [2.75, 3.05) is 6.16 Å². The second-order valence-electron chi connectivity index (χ2n) is 7.35. The summed E-state index contributed by atoms with van der Waals surface area (Å²) in [5, 5.41) is 12.1. The number of benzene rings is 3. The molecule has 3 rings (SSSR count). The Morgan fingerprint density at radius 2 is 1.61 bits per heavy atom. The first kappa shape index (κ1) is 20.3. The summed E-state index contributed by atoms with van der Waals surface area (Å²) in [6, 6.07) is 22.3. The fourth-order valence-corrected chi connectivity index (χ4v) is 6.09. The van der Waals surface area contributed by atoms with Crippen molar-refractivity contribution in [2.45, 2.75) is 31.3 Å². The highest BCUT2D eigenvalue weighted by Crippen LogP contribution is 2.51. The summed E-state index contributed by atoms with van der Waals surface area (Å²) in [5.41, 5.74) is -0.0665. The van der Waals surface area contributed by atoms with E-state index in [2.05, 4.69) is 0 Å². The number of aliphatic carboxylic acids is 1. The lowest BCUT2D eigenvalue weighted by Crippen LogP contribution is -2.39. The van der Waals surface area contributed by atoms with Gasteiger partial charge in [-0.2, -0.15) is 0 Å². The standard InChI is InChI=1S/C23H25O4P/c1-2-14-23(22(24)25,17-28(26,27)16-18-8-4-3-5-9-18)21-13-12-19-10-6-7-11-20(19)15-21/h3-13,15H,2,14,16-17H2,1H3,(H,24,25)(H,26,27). The first-order valence-electron chi connectivity index (χ1n) is 9.44. The molecule has 5 heteroatoms. The Balaban J connectivity index is 2.03. The van der Waals surface area contributed by atoms with Crippen molar-refractivity contribution < 1.29 is 19.4 Å². The van der Waals surface area contributed by atoms with Crippen LogP contribution in [-0.2, 0) is 20.9 Å². The van der Waals surface area contributed by atoms with Crippen LogP contribution in [0.1, 0.15) is 30.9 Å². The van der Waals surface area contributed by atoms with Gasteiger partial charge in [-0.15, -0.1) is 0 Å². The van der Waals surface area contributed by atoms with Crippen molar-refractivity contribution in [3.05, 3.63) is 83.9 Å². The maximum absolute atomic E-state index is 13.1. The molecule has 0 saturated carbocycles. The van der Waals surface area contributed by atoms with E-state index in [-0.39, 0.29) is 12.3 Å². The maximum atomic E-state index is 13.1. The predicted molar refractivity (Wildman–Crippen MR) is 113 cm³/mol. The van der Waals surface area contributed by atoms with E-state index in [1.54, 1.807) is 18.2 Å². The van der Waals surface area contributed by atoms with Crippen LogP contribution in [0.25, 0.3) is 10.8 Å². The number of rotatable bonds is 8. The van der Waals surface area contributed by atoms with Crippen LogP contribution in [0.4, 0.5) is 0 Å². The molecule has 0 radical (unpaired) electrons. The minimum Gasteiger partial charge on any atom is -0.481 e. The Morgan fingerprint density at radius 1 is 0.964 bits per heavy atom. The van der Waals surface area contributed by atoms with Crippen LogP contribution >= 0.6 is 7.37 Å². The van der Waals surface area contributed by atoms with Crippen LogP contribution in [0.2, 0.25) is 0 Å². The topological polar surface area (TPSA) is 74.6 Å². The molecule has 0 bridgehead atoms. The van der Waals surface area contributed by atoms with Gasteiger partial charge in [0.15, 0.2) is 0 Å². The second kappa shape index (κ2) is 8.30. The average Bonchev–Trinajstić information content (AvgIpc) is 2.67. The third-order valence-corrected chi connectivity index (χ3v) is 7.07. The molecule has 0 heterocycles. The molecule has 0 amide bonds. The van der Waals surface area contributed by atoms with E-state index in [4.69, 9.17) is 0 Å². The zero-order chi connectivity index (χ0) is 20.2. The van der Waals surface area contributed by atoms with E-state index in [0.29, 0.717) is 18.4 Å². The van der Waals surface area contributed by atoms with Crippen LogP contribution in [0, 0.1) is 0 Å². The summed E-state index contributed by atoms with van der Waals surface area (Å²) in [7, 11) is -3.73. The zero-order valence-corrected chi connectivity index (χ0v) is 16.8. The Kier molecular flexibility index (Phi) is 6.02. The maximum Gasteiger partial charge on any atom is 0.314 e. The summed E-state index contributed by atoms with van der Waals surface area (Å²) in [5.74, 6) is -1.05. The molecule has 0 aliphatic rings. The van der Waals surface area contributed by atoms with Crippen LogP contribution < -0.4 is 0 Å². The summed E-state index contributed by atoms with van der Waals surface area (Å²) in [4.78, 5) is 23.2. The Morgan fingerprint density at radius 3 is 2.25 bits per heavy atom. The number of hydrogen-bond acceptors (Lipinski definition) is 2. The Labute approximate surface area is 165 Å². The molecule has 3 aromatic rings. The van der Waals surface area contributed by atoms with E-state index >= 15 is 0 Å². The van der Waals surface area contributed by atoms with Crippen molar-refractivity contribution in [1.29, 1.82) is 0 Å². The summed E-state index contributed by atoms with van der Waals surface area (Å²) in [6.07, 6.45) is 0.598. The number of carboxylic acids is 1. The molecule has 2 atom stereocenters. The fourth-order valence-electron chi connectivity index (χ4n) is 3.87. The molecule has 146 valence electrons. The van der Waals surface area contributed by atoms with E-state index in [9.17, 15) is 19.4 Å². The molecule has 0 aliphatic heterocycles. The largest absolute Gasteiger partial charge is 0.481 e. The Bertz CT molecular complexity index is 1020. The van der Waals surface area contributed by atoms with E-state index in [1.165, 1.54) is 0 Å². The van der Waals surface area contributed by atoms with E-state index in [1.807, 2.05) is 61.5 Å². The van der Waals surface area contributed by atoms with Crippen LogP contribution in [0.3, 0.4) is 0 Å². The second-order valence-corrected chi connectivity index (χ2v) is 9.67. The first-order chi connectivity index (χ1) is 13.4. The van der Waals surface area contributed by atoms with Crippen molar-refractivity contribution in [3.63, 3.8) is 0 Å². The number of fused-ring (bicyclic) bond motifs is 1. The molecule has 4 nitrogen and oxygen atoms in total. The van der Waals surface area contributed by atoms with Crippen molar-refractivity contribution in [1.82, 2.24) is 0 Å². The van der Waals surface area contributed by atoms with Gasteiger partial charge in [-0.1, -0.05) is 80.1 Å². The fraction of sp³-hybridized carbons (Fsp3) is 0.261. The van der Waals surface area contributed by atoms with Gasteiger partial charge in [0.25, 0.3) is 0 Å². The lowest BCUT2D eigenvalue weighted by atomic mass is 9.78. The van der Waals surface area contributed by atoms with Gasteiger partial charge < -0.3 is 10.00 Å². The molecular formula is C23H25O4P. The summed E-state index contributed by atoms with van der Waals surface area (Å²) in [6.45, 7) is 1.90. The van der Waals surface area contributed by atoms with Crippen LogP contribution in [-0.4, -0.2) is 22.1 Å². The van der Waals surface area contributed by atoms with Gasteiger partial charge >= 0.3 is 5.97 Å². The minimum atomic E-state index is -3.73.